The molecule has 0 saturated heterocycles. The van der Waals surface area contributed by atoms with E-state index in [2.05, 4.69) is 15.7 Å². The van der Waals surface area contributed by atoms with Gasteiger partial charge in [0.25, 0.3) is 0 Å². The molecule has 2 amide bonds. The molecule has 0 fully saturated rings. The summed E-state index contributed by atoms with van der Waals surface area (Å²) in [6, 6.07) is 15.0. The average molecular weight is 477 g/mol. The normalized spacial score (nSPS) is 12.9. The first-order chi connectivity index (χ1) is 16.9. The van der Waals surface area contributed by atoms with E-state index in [-0.39, 0.29) is 31.9 Å². The van der Waals surface area contributed by atoms with Gasteiger partial charge in [-0.05, 0) is 41.2 Å². The number of amides is 2. The zero-order valence-electron chi connectivity index (χ0n) is 19.4. The number of carboxylic acids is 1. The molecule has 1 aliphatic carbocycles. The van der Waals surface area contributed by atoms with E-state index in [9.17, 15) is 14.4 Å². The van der Waals surface area contributed by atoms with Gasteiger partial charge in [-0.2, -0.15) is 5.10 Å². The number of benzene rings is 2. The van der Waals surface area contributed by atoms with Gasteiger partial charge in [0.1, 0.15) is 12.6 Å². The van der Waals surface area contributed by atoms with E-state index in [1.54, 1.807) is 10.9 Å². The minimum atomic E-state index is -1.05. The van der Waals surface area contributed by atoms with Gasteiger partial charge in [0, 0.05) is 25.1 Å². The number of aromatic nitrogens is 2. The van der Waals surface area contributed by atoms with Gasteiger partial charge in [0.2, 0.25) is 5.91 Å². The summed E-state index contributed by atoms with van der Waals surface area (Å²) < 4.78 is 7.21. The van der Waals surface area contributed by atoms with Gasteiger partial charge < -0.3 is 20.5 Å². The van der Waals surface area contributed by atoms with Crippen LogP contribution < -0.4 is 10.6 Å². The van der Waals surface area contributed by atoms with Crippen LogP contribution in [0.25, 0.3) is 11.1 Å². The van der Waals surface area contributed by atoms with E-state index in [0.29, 0.717) is 6.54 Å². The number of carbonyl (C=O) groups is 3. The molecule has 1 aliphatic rings. The standard InChI is InChI=1S/C26H28N4O5/c1-17-14-28-30(15-17)13-12-27-25(33)23(10-11-24(31)32)29-26(34)35-16-22-20-8-4-2-6-18(20)19-7-3-5-9-21(19)22/h2-9,14-15,22-23H,10-13,16H2,1H3,(H,27,33)(H,29,34)(H,31,32). The Balaban J connectivity index is 1.35. The number of carboxylic acid groups (broad SMARTS) is 1. The molecule has 0 radical (unpaired) electrons. The fraction of sp³-hybridized carbons (Fsp3) is 0.308. The van der Waals surface area contributed by atoms with Gasteiger partial charge in [-0.3, -0.25) is 14.3 Å². The van der Waals surface area contributed by atoms with Crippen molar-refractivity contribution in [2.75, 3.05) is 13.2 Å². The molecule has 0 bridgehead atoms. The van der Waals surface area contributed by atoms with Crippen molar-refractivity contribution < 1.29 is 24.2 Å². The van der Waals surface area contributed by atoms with Crippen LogP contribution in [0.3, 0.4) is 0 Å². The van der Waals surface area contributed by atoms with Crippen LogP contribution in [0, 0.1) is 6.92 Å². The number of aryl methyl sites for hydroxylation is 1. The zero-order chi connectivity index (χ0) is 24.8. The van der Waals surface area contributed by atoms with E-state index in [0.717, 1.165) is 27.8 Å². The van der Waals surface area contributed by atoms with E-state index >= 15 is 0 Å². The summed E-state index contributed by atoms with van der Waals surface area (Å²) in [4.78, 5) is 36.3. The average Bonchev–Trinajstić information content (AvgIpc) is 3.41. The maximum atomic E-state index is 12.7. The summed E-state index contributed by atoms with van der Waals surface area (Å²) >= 11 is 0. The Morgan fingerprint density at radius 1 is 1.09 bits per heavy atom. The van der Waals surface area contributed by atoms with Gasteiger partial charge in [-0.1, -0.05) is 48.5 Å². The predicted octanol–water partition coefficient (Wildman–Crippen LogP) is 3.08. The van der Waals surface area contributed by atoms with Crippen LogP contribution in [0.15, 0.2) is 60.9 Å². The molecule has 0 saturated carbocycles. The molecular formula is C26H28N4O5. The Kier molecular flexibility index (Phi) is 7.45. The summed E-state index contributed by atoms with van der Waals surface area (Å²) in [7, 11) is 0. The van der Waals surface area contributed by atoms with Gasteiger partial charge in [-0.15, -0.1) is 0 Å². The molecule has 3 aromatic rings. The van der Waals surface area contributed by atoms with E-state index < -0.39 is 24.0 Å². The lowest BCUT2D eigenvalue weighted by molar-refractivity contribution is -0.137. The third kappa shape index (κ3) is 5.87. The van der Waals surface area contributed by atoms with Crippen LogP contribution in [-0.4, -0.2) is 52.1 Å². The monoisotopic (exact) mass is 476 g/mol. The van der Waals surface area contributed by atoms with Crippen molar-refractivity contribution in [2.45, 2.75) is 38.3 Å². The second-order valence-electron chi connectivity index (χ2n) is 8.53. The number of ether oxygens (including phenoxy) is 1. The van der Waals surface area contributed by atoms with Gasteiger partial charge >= 0.3 is 12.1 Å². The topological polar surface area (TPSA) is 123 Å². The van der Waals surface area contributed by atoms with Crippen molar-refractivity contribution in [3.05, 3.63) is 77.6 Å². The Bertz CT molecular complexity index is 1180. The van der Waals surface area contributed by atoms with Crippen LogP contribution >= 0.6 is 0 Å². The van der Waals surface area contributed by atoms with E-state index in [1.807, 2.05) is 61.7 Å². The molecule has 9 heteroatoms. The minimum absolute atomic E-state index is 0.0494. The van der Waals surface area contributed by atoms with Crippen molar-refractivity contribution >= 4 is 18.0 Å². The highest BCUT2D eigenvalue weighted by Gasteiger charge is 2.30. The zero-order valence-corrected chi connectivity index (χ0v) is 19.4. The number of rotatable bonds is 10. The number of nitrogens with one attached hydrogen (secondary N) is 2. The van der Waals surface area contributed by atoms with Crippen LogP contribution in [0.4, 0.5) is 4.79 Å². The summed E-state index contributed by atoms with van der Waals surface area (Å²) in [6.07, 6.45) is 2.49. The van der Waals surface area contributed by atoms with Crippen LogP contribution in [0.2, 0.25) is 0 Å². The molecule has 1 atom stereocenters. The fourth-order valence-corrected chi connectivity index (χ4v) is 4.33. The second kappa shape index (κ2) is 10.9. The number of fused-ring (bicyclic) bond motifs is 3. The quantitative estimate of drug-likeness (QED) is 0.413. The molecule has 0 spiro atoms. The molecule has 35 heavy (non-hydrogen) atoms. The number of alkyl carbamates (subject to hydrolysis) is 1. The van der Waals surface area contributed by atoms with Gasteiger partial charge in [-0.25, -0.2) is 4.79 Å². The first-order valence-electron chi connectivity index (χ1n) is 11.5. The molecule has 1 aromatic heterocycles. The fourth-order valence-electron chi connectivity index (χ4n) is 4.33. The molecule has 1 heterocycles. The van der Waals surface area contributed by atoms with Crippen molar-refractivity contribution in [2.24, 2.45) is 0 Å². The summed E-state index contributed by atoms with van der Waals surface area (Å²) in [5.74, 6) is -1.63. The molecule has 1 unspecified atom stereocenters. The third-order valence-electron chi connectivity index (χ3n) is 6.00. The molecule has 3 N–H and O–H groups in total. The number of aliphatic carboxylic acids is 1. The SMILES string of the molecule is Cc1cnn(CCNC(=O)C(CCC(=O)O)NC(=O)OCC2c3ccccc3-c3ccccc32)c1. The maximum absolute atomic E-state index is 12.7. The third-order valence-corrected chi connectivity index (χ3v) is 6.00. The molecule has 182 valence electrons. The summed E-state index contributed by atoms with van der Waals surface area (Å²) in [6.45, 7) is 2.76. The lowest BCUT2D eigenvalue weighted by Crippen LogP contribution is -2.48. The molecule has 4 rings (SSSR count). The van der Waals surface area contributed by atoms with Crippen molar-refractivity contribution in [1.82, 2.24) is 20.4 Å². The van der Waals surface area contributed by atoms with E-state index in [1.165, 1.54) is 0 Å². The first-order valence-corrected chi connectivity index (χ1v) is 11.5. The van der Waals surface area contributed by atoms with Gasteiger partial charge in [0.15, 0.2) is 0 Å². The van der Waals surface area contributed by atoms with E-state index in [4.69, 9.17) is 9.84 Å². The second-order valence-corrected chi connectivity index (χ2v) is 8.53. The lowest BCUT2D eigenvalue weighted by atomic mass is 9.98. The summed E-state index contributed by atoms with van der Waals surface area (Å²) in [5, 5.41) is 18.5. The van der Waals surface area contributed by atoms with Crippen molar-refractivity contribution in [1.29, 1.82) is 0 Å². The van der Waals surface area contributed by atoms with Crippen molar-refractivity contribution in [3.8, 4) is 11.1 Å². The van der Waals surface area contributed by atoms with Crippen LogP contribution in [-0.2, 0) is 20.9 Å². The van der Waals surface area contributed by atoms with Crippen molar-refractivity contribution in [3.63, 3.8) is 0 Å². The predicted molar refractivity (Wildman–Crippen MR) is 129 cm³/mol. The highest BCUT2D eigenvalue weighted by atomic mass is 16.5. The Morgan fingerprint density at radius 3 is 2.34 bits per heavy atom. The Morgan fingerprint density at radius 2 is 1.74 bits per heavy atom. The van der Waals surface area contributed by atoms with Gasteiger partial charge in [0.05, 0.1) is 12.7 Å². The molecule has 9 nitrogen and oxygen atoms in total. The number of carbonyl (C=O) groups excluding carboxylic acids is 2. The lowest BCUT2D eigenvalue weighted by Gasteiger charge is -2.19. The first kappa shape index (κ1) is 24.0. The molecule has 0 aliphatic heterocycles. The Hall–Kier alpha value is -4.14. The maximum Gasteiger partial charge on any atom is 0.407 e. The number of nitrogens with zero attached hydrogens (tertiary/aromatic N) is 2. The highest BCUT2D eigenvalue weighted by Crippen LogP contribution is 2.44. The highest BCUT2D eigenvalue weighted by molar-refractivity contribution is 5.86. The Labute approximate surface area is 203 Å². The molecular weight excluding hydrogens is 448 g/mol. The van der Waals surface area contributed by atoms with Crippen LogP contribution in [0.5, 0.6) is 0 Å². The smallest absolute Gasteiger partial charge is 0.407 e. The minimum Gasteiger partial charge on any atom is -0.481 e. The molecule has 2 aromatic carbocycles. The number of hydrogen-bond donors (Lipinski definition) is 3. The number of hydrogen-bond acceptors (Lipinski definition) is 5. The van der Waals surface area contributed by atoms with Crippen LogP contribution in [0.1, 0.15) is 35.4 Å². The summed E-state index contributed by atoms with van der Waals surface area (Å²) in [5.41, 5.74) is 5.39. The largest absolute Gasteiger partial charge is 0.481 e.